The normalized spacial score (nSPS) is 27.9. The van der Waals surface area contributed by atoms with Crippen LogP contribution in [-0.4, -0.2) is 47.3 Å². The molecule has 98 valence electrons. The van der Waals surface area contributed by atoms with Crippen molar-refractivity contribution >= 4 is 17.7 Å². The molecule has 17 heavy (non-hydrogen) atoms. The van der Waals surface area contributed by atoms with Crippen molar-refractivity contribution in [1.82, 2.24) is 10.6 Å². The highest BCUT2D eigenvalue weighted by Gasteiger charge is 2.34. The molecule has 1 heterocycles. The molecule has 0 aromatic heterocycles. The summed E-state index contributed by atoms with van der Waals surface area (Å²) in [5.74, 6) is 2.24. The minimum absolute atomic E-state index is 0.0750. The summed E-state index contributed by atoms with van der Waals surface area (Å²) in [5, 5.41) is 15.8. The van der Waals surface area contributed by atoms with Gasteiger partial charge in [-0.1, -0.05) is 12.8 Å². The Morgan fingerprint density at radius 2 is 2.24 bits per heavy atom. The number of hydrogen-bond acceptors (Lipinski definition) is 4. The molecular weight excluding hydrogens is 236 g/mol. The quantitative estimate of drug-likeness (QED) is 0.687. The molecular formula is C12H22N2O2S. The summed E-state index contributed by atoms with van der Waals surface area (Å²) >= 11 is 1.90. The van der Waals surface area contributed by atoms with E-state index in [4.69, 9.17) is 0 Å². The van der Waals surface area contributed by atoms with Gasteiger partial charge in [0.2, 0.25) is 5.91 Å². The molecule has 3 N–H and O–H groups in total. The van der Waals surface area contributed by atoms with Crippen LogP contribution in [0.2, 0.25) is 0 Å². The Balaban J connectivity index is 1.79. The van der Waals surface area contributed by atoms with Gasteiger partial charge < -0.3 is 15.7 Å². The van der Waals surface area contributed by atoms with E-state index < -0.39 is 0 Å². The first-order valence-electron chi connectivity index (χ1n) is 6.47. The lowest BCUT2D eigenvalue weighted by Gasteiger charge is -2.30. The maximum atomic E-state index is 12.0. The minimum atomic E-state index is -0.321. The first-order chi connectivity index (χ1) is 8.24. The zero-order valence-electron chi connectivity index (χ0n) is 10.2. The summed E-state index contributed by atoms with van der Waals surface area (Å²) < 4.78 is 0. The molecule has 1 aliphatic carbocycles. The fourth-order valence-electron chi connectivity index (χ4n) is 2.70. The van der Waals surface area contributed by atoms with Gasteiger partial charge in [0, 0.05) is 30.5 Å². The average Bonchev–Trinajstić information content (AvgIpc) is 2.79. The number of aliphatic hydroxyl groups is 1. The Kier molecular flexibility index (Phi) is 4.70. The maximum Gasteiger partial charge on any atom is 0.222 e. The molecule has 0 aromatic carbocycles. The van der Waals surface area contributed by atoms with Crippen molar-refractivity contribution in [2.45, 2.75) is 43.7 Å². The predicted molar refractivity (Wildman–Crippen MR) is 70.2 cm³/mol. The van der Waals surface area contributed by atoms with Crippen LogP contribution in [0.15, 0.2) is 0 Å². The van der Waals surface area contributed by atoms with E-state index in [0.29, 0.717) is 12.5 Å². The molecule has 1 atom stereocenters. The molecule has 0 radical (unpaired) electrons. The van der Waals surface area contributed by atoms with Crippen LogP contribution in [-0.2, 0) is 4.79 Å². The van der Waals surface area contributed by atoms with Crippen LogP contribution in [0.1, 0.15) is 32.1 Å². The Hall–Kier alpha value is -0.260. The lowest BCUT2D eigenvalue weighted by molar-refractivity contribution is -0.124. The summed E-state index contributed by atoms with van der Waals surface area (Å²) in [5.41, 5.74) is -0.321. The van der Waals surface area contributed by atoms with Gasteiger partial charge in [-0.15, -0.1) is 0 Å². The maximum absolute atomic E-state index is 12.0. The first-order valence-corrected chi connectivity index (χ1v) is 7.63. The van der Waals surface area contributed by atoms with E-state index in [0.717, 1.165) is 43.7 Å². The number of carbonyl (C=O) groups excluding carboxylic acids is 1. The summed E-state index contributed by atoms with van der Waals surface area (Å²) in [6.45, 7) is 1.07. The number of carbonyl (C=O) groups is 1. The second kappa shape index (κ2) is 6.07. The summed E-state index contributed by atoms with van der Waals surface area (Å²) in [4.78, 5) is 12.0. The van der Waals surface area contributed by atoms with Crippen LogP contribution in [0, 0.1) is 0 Å². The molecule has 1 aliphatic heterocycles. The molecule has 2 aliphatic rings. The molecule has 1 saturated carbocycles. The monoisotopic (exact) mass is 258 g/mol. The van der Waals surface area contributed by atoms with E-state index in [-0.39, 0.29) is 18.1 Å². The molecule has 5 heteroatoms. The number of thioether (sulfide) groups is 1. The summed E-state index contributed by atoms with van der Waals surface area (Å²) in [6, 6.07) is 0.297. The van der Waals surface area contributed by atoms with Crippen molar-refractivity contribution in [2.75, 3.05) is 24.7 Å². The van der Waals surface area contributed by atoms with Gasteiger partial charge in [0.05, 0.1) is 12.1 Å². The summed E-state index contributed by atoms with van der Waals surface area (Å²) in [7, 11) is 0. The number of rotatable bonds is 4. The van der Waals surface area contributed by atoms with Crippen molar-refractivity contribution in [3.8, 4) is 0 Å². The molecule has 4 nitrogen and oxygen atoms in total. The van der Waals surface area contributed by atoms with Gasteiger partial charge in [0.1, 0.15) is 0 Å². The van der Waals surface area contributed by atoms with E-state index in [2.05, 4.69) is 10.6 Å². The van der Waals surface area contributed by atoms with E-state index in [1.54, 1.807) is 0 Å². The zero-order valence-corrected chi connectivity index (χ0v) is 11.0. The fraction of sp³-hybridized carbons (Fsp3) is 0.917. The third-order valence-electron chi connectivity index (χ3n) is 3.70. The second-order valence-electron chi connectivity index (χ2n) is 5.12. The van der Waals surface area contributed by atoms with Crippen molar-refractivity contribution in [2.24, 2.45) is 0 Å². The molecule has 2 fully saturated rings. The van der Waals surface area contributed by atoms with Crippen molar-refractivity contribution < 1.29 is 9.90 Å². The third kappa shape index (κ3) is 3.60. The topological polar surface area (TPSA) is 61.4 Å². The molecule has 0 bridgehead atoms. The Morgan fingerprint density at radius 3 is 2.82 bits per heavy atom. The van der Waals surface area contributed by atoms with E-state index in [1.807, 2.05) is 11.8 Å². The number of amides is 1. The molecule has 0 aromatic rings. The van der Waals surface area contributed by atoms with Gasteiger partial charge in [0.25, 0.3) is 0 Å². The Labute approximate surface area is 107 Å². The third-order valence-corrected chi connectivity index (χ3v) is 4.83. The largest absolute Gasteiger partial charge is 0.394 e. The SMILES string of the molecule is O=C(CC1CSCCN1)NC1(CO)CCCC1. The average molecular weight is 258 g/mol. The highest BCUT2D eigenvalue weighted by atomic mass is 32.2. The van der Waals surface area contributed by atoms with Crippen LogP contribution in [0.4, 0.5) is 0 Å². The van der Waals surface area contributed by atoms with E-state index in [1.165, 1.54) is 0 Å². The van der Waals surface area contributed by atoms with Gasteiger partial charge in [-0.3, -0.25) is 4.79 Å². The Morgan fingerprint density at radius 1 is 1.47 bits per heavy atom. The number of aliphatic hydroxyl groups excluding tert-OH is 1. The highest BCUT2D eigenvalue weighted by Crippen LogP contribution is 2.29. The van der Waals surface area contributed by atoms with Gasteiger partial charge in [-0.25, -0.2) is 0 Å². The Bertz CT molecular complexity index is 261. The van der Waals surface area contributed by atoms with Crippen molar-refractivity contribution in [3.63, 3.8) is 0 Å². The van der Waals surface area contributed by atoms with Crippen LogP contribution in [0.5, 0.6) is 0 Å². The number of nitrogens with one attached hydrogen (secondary N) is 2. The second-order valence-corrected chi connectivity index (χ2v) is 6.27. The fourth-order valence-corrected chi connectivity index (χ4v) is 3.64. The van der Waals surface area contributed by atoms with Gasteiger partial charge in [-0.2, -0.15) is 11.8 Å². The molecule has 2 rings (SSSR count). The van der Waals surface area contributed by atoms with Gasteiger partial charge in [-0.05, 0) is 12.8 Å². The van der Waals surface area contributed by atoms with Crippen LogP contribution in [0.25, 0.3) is 0 Å². The van der Waals surface area contributed by atoms with Gasteiger partial charge >= 0.3 is 0 Å². The van der Waals surface area contributed by atoms with Crippen LogP contribution >= 0.6 is 11.8 Å². The molecule has 1 amide bonds. The minimum Gasteiger partial charge on any atom is -0.394 e. The van der Waals surface area contributed by atoms with E-state index >= 15 is 0 Å². The van der Waals surface area contributed by atoms with Crippen LogP contribution in [0.3, 0.4) is 0 Å². The lowest BCUT2D eigenvalue weighted by Crippen LogP contribution is -2.51. The van der Waals surface area contributed by atoms with E-state index in [9.17, 15) is 9.90 Å². The lowest BCUT2D eigenvalue weighted by atomic mass is 9.98. The number of hydrogen-bond donors (Lipinski definition) is 3. The molecule has 1 unspecified atom stereocenters. The van der Waals surface area contributed by atoms with Crippen LogP contribution < -0.4 is 10.6 Å². The predicted octanol–water partition coefficient (Wildman–Crippen LogP) is 0.503. The van der Waals surface area contributed by atoms with Gasteiger partial charge in [0.15, 0.2) is 0 Å². The van der Waals surface area contributed by atoms with Crippen molar-refractivity contribution in [3.05, 3.63) is 0 Å². The molecule has 1 saturated heterocycles. The standard InChI is InChI=1S/C12H22N2O2S/c15-9-12(3-1-2-4-12)14-11(16)7-10-8-17-6-5-13-10/h10,13,15H,1-9H2,(H,14,16). The van der Waals surface area contributed by atoms with Crippen molar-refractivity contribution in [1.29, 1.82) is 0 Å². The highest BCUT2D eigenvalue weighted by molar-refractivity contribution is 7.99. The first kappa shape index (κ1) is 13.2. The summed E-state index contributed by atoms with van der Waals surface area (Å²) in [6.07, 6.45) is 4.59. The zero-order chi connectivity index (χ0) is 12.1. The smallest absolute Gasteiger partial charge is 0.222 e. The molecule has 0 spiro atoms.